The van der Waals surface area contributed by atoms with E-state index >= 15 is 0 Å². The first-order valence-corrected chi connectivity index (χ1v) is 6.14. The molecule has 1 unspecified atom stereocenters. The molecule has 3 N–H and O–H groups in total. The minimum atomic E-state index is -1.19. The Labute approximate surface area is 120 Å². The molecule has 0 heterocycles. The standard InChI is InChI=1S/C13H16F2N2O4/c1-21-11(12(18)19)7-17-13(20)16-3-2-8-4-9(14)6-10(15)5-8/h4-6,11H,2-3,7H2,1H3,(H,18,19)(H2,16,17,20). The van der Waals surface area contributed by atoms with E-state index in [4.69, 9.17) is 5.11 Å². The molecule has 21 heavy (non-hydrogen) atoms. The number of carboxylic acid groups (broad SMARTS) is 1. The van der Waals surface area contributed by atoms with E-state index in [1.165, 1.54) is 19.2 Å². The molecule has 1 aromatic carbocycles. The van der Waals surface area contributed by atoms with E-state index in [1.807, 2.05) is 0 Å². The van der Waals surface area contributed by atoms with Crippen molar-refractivity contribution in [3.05, 3.63) is 35.4 Å². The Morgan fingerprint density at radius 3 is 2.38 bits per heavy atom. The summed E-state index contributed by atoms with van der Waals surface area (Å²) in [5.74, 6) is -2.55. The van der Waals surface area contributed by atoms with Crippen molar-refractivity contribution in [2.24, 2.45) is 0 Å². The molecule has 0 bridgehead atoms. The largest absolute Gasteiger partial charge is 0.479 e. The molecular formula is C13H16F2N2O4. The number of carboxylic acids is 1. The van der Waals surface area contributed by atoms with Crippen molar-refractivity contribution in [2.45, 2.75) is 12.5 Å². The number of rotatable bonds is 7. The van der Waals surface area contributed by atoms with Crippen molar-refractivity contribution in [2.75, 3.05) is 20.2 Å². The van der Waals surface area contributed by atoms with E-state index in [-0.39, 0.29) is 19.5 Å². The van der Waals surface area contributed by atoms with Crippen LogP contribution >= 0.6 is 0 Å². The maximum atomic E-state index is 12.9. The molecule has 0 aliphatic carbocycles. The molecule has 8 heteroatoms. The number of aliphatic carboxylic acids is 1. The number of halogens is 2. The van der Waals surface area contributed by atoms with Crippen molar-refractivity contribution in [3.8, 4) is 0 Å². The lowest BCUT2D eigenvalue weighted by atomic mass is 10.1. The lowest BCUT2D eigenvalue weighted by Crippen LogP contribution is -2.43. The molecule has 0 aliphatic heterocycles. The molecule has 6 nitrogen and oxygen atoms in total. The third-order valence-corrected chi connectivity index (χ3v) is 2.63. The fourth-order valence-electron chi connectivity index (χ4n) is 1.60. The highest BCUT2D eigenvalue weighted by Gasteiger charge is 2.16. The molecule has 0 radical (unpaired) electrons. The summed E-state index contributed by atoms with van der Waals surface area (Å²) in [6, 6.07) is 2.53. The van der Waals surface area contributed by atoms with Crippen molar-refractivity contribution < 1.29 is 28.2 Å². The average molecular weight is 302 g/mol. The number of carbonyl (C=O) groups is 2. The van der Waals surface area contributed by atoms with Gasteiger partial charge in [-0.1, -0.05) is 0 Å². The zero-order valence-corrected chi connectivity index (χ0v) is 11.4. The zero-order chi connectivity index (χ0) is 15.8. The number of methoxy groups -OCH3 is 1. The van der Waals surface area contributed by atoms with Gasteiger partial charge in [-0.2, -0.15) is 0 Å². The highest BCUT2D eigenvalue weighted by atomic mass is 19.1. The Morgan fingerprint density at radius 2 is 1.86 bits per heavy atom. The maximum Gasteiger partial charge on any atom is 0.334 e. The first kappa shape index (κ1) is 16.8. The van der Waals surface area contributed by atoms with Crippen molar-refractivity contribution in [1.29, 1.82) is 0 Å². The van der Waals surface area contributed by atoms with Crippen LogP contribution in [0.25, 0.3) is 0 Å². The summed E-state index contributed by atoms with van der Waals surface area (Å²) < 4.78 is 30.5. The number of nitrogens with one attached hydrogen (secondary N) is 2. The van der Waals surface area contributed by atoms with Gasteiger partial charge in [0.25, 0.3) is 0 Å². The molecule has 2 amide bonds. The Kier molecular flexibility index (Phi) is 6.54. The van der Waals surface area contributed by atoms with Gasteiger partial charge in [0, 0.05) is 19.7 Å². The van der Waals surface area contributed by atoms with Crippen molar-refractivity contribution in [1.82, 2.24) is 10.6 Å². The molecule has 0 spiro atoms. The number of amides is 2. The van der Waals surface area contributed by atoms with Crippen LogP contribution in [-0.4, -0.2) is 43.4 Å². The highest BCUT2D eigenvalue weighted by molar-refractivity contribution is 5.76. The molecule has 116 valence electrons. The quantitative estimate of drug-likeness (QED) is 0.698. The van der Waals surface area contributed by atoms with Gasteiger partial charge in [-0.25, -0.2) is 18.4 Å². The second kappa shape index (κ2) is 8.15. The number of carbonyl (C=O) groups excluding carboxylic acids is 1. The first-order valence-electron chi connectivity index (χ1n) is 6.14. The van der Waals surface area contributed by atoms with Crippen LogP contribution in [0.1, 0.15) is 5.56 Å². The summed E-state index contributed by atoms with van der Waals surface area (Å²) in [5.41, 5.74) is 0.410. The lowest BCUT2D eigenvalue weighted by molar-refractivity contribution is -0.147. The Morgan fingerprint density at radius 1 is 1.24 bits per heavy atom. The number of urea groups is 1. The molecular weight excluding hydrogens is 286 g/mol. The predicted molar refractivity (Wildman–Crippen MR) is 69.9 cm³/mol. The summed E-state index contributed by atoms with van der Waals surface area (Å²) in [7, 11) is 1.22. The number of ether oxygens (including phenoxy) is 1. The van der Waals surface area contributed by atoms with E-state index in [1.54, 1.807) is 0 Å². The fraction of sp³-hybridized carbons (Fsp3) is 0.385. The van der Waals surface area contributed by atoms with Gasteiger partial charge >= 0.3 is 12.0 Å². The van der Waals surface area contributed by atoms with Crippen molar-refractivity contribution in [3.63, 3.8) is 0 Å². The smallest absolute Gasteiger partial charge is 0.334 e. The van der Waals surface area contributed by atoms with Crippen molar-refractivity contribution >= 4 is 12.0 Å². The minimum absolute atomic E-state index is 0.152. The van der Waals surface area contributed by atoms with E-state index in [0.717, 1.165) is 6.07 Å². The van der Waals surface area contributed by atoms with Gasteiger partial charge in [0.1, 0.15) is 11.6 Å². The highest BCUT2D eigenvalue weighted by Crippen LogP contribution is 2.07. The maximum absolute atomic E-state index is 12.9. The predicted octanol–water partition coefficient (Wildman–Crippen LogP) is 0.906. The molecule has 0 saturated carbocycles. The molecule has 0 aromatic heterocycles. The SMILES string of the molecule is COC(CNC(=O)NCCc1cc(F)cc(F)c1)C(=O)O. The summed E-state index contributed by atoms with van der Waals surface area (Å²) in [6.07, 6.45) is -0.887. The van der Waals surface area contributed by atoms with Gasteiger partial charge in [-0.15, -0.1) is 0 Å². The van der Waals surface area contributed by atoms with Crippen LogP contribution in [-0.2, 0) is 16.0 Å². The van der Waals surface area contributed by atoms with Crippen LogP contribution in [0.15, 0.2) is 18.2 Å². The van der Waals surface area contributed by atoms with E-state index in [2.05, 4.69) is 15.4 Å². The Hall–Kier alpha value is -2.22. The molecule has 0 saturated heterocycles. The molecule has 0 aliphatic rings. The summed E-state index contributed by atoms with van der Waals surface area (Å²) in [6.45, 7) is -0.0360. The Balaban J connectivity index is 2.32. The monoisotopic (exact) mass is 302 g/mol. The number of hydrogen-bond acceptors (Lipinski definition) is 3. The number of benzene rings is 1. The number of hydrogen-bond donors (Lipinski definition) is 3. The van der Waals surface area contributed by atoms with Crippen LogP contribution in [0.2, 0.25) is 0 Å². The van der Waals surface area contributed by atoms with E-state index < -0.39 is 29.7 Å². The van der Waals surface area contributed by atoms with E-state index in [0.29, 0.717) is 5.56 Å². The third-order valence-electron chi connectivity index (χ3n) is 2.63. The van der Waals surface area contributed by atoms with Crippen LogP contribution in [0.5, 0.6) is 0 Å². The zero-order valence-electron chi connectivity index (χ0n) is 11.4. The van der Waals surface area contributed by atoms with Gasteiger partial charge in [0.15, 0.2) is 6.10 Å². The van der Waals surface area contributed by atoms with Crippen LogP contribution in [0, 0.1) is 11.6 Å². The topological polar surface area (TPSA) is 87.7 Å². The first-order chi connectivity index (χ1) is 9.92. The van der Waals surface area contributed by atoms with Crippen LogP contribution in [0.4, 0.5) is 13.6 Å². The summed E-state index contributed by atoms with van der Waals surface area (Å²) >= 11 is 0. The van der Waals surface area contributed by atoms with Gasteiger partial charge in [-0.05, 0) is 24.1 Å². The van der Waals surface area contributed by atoms with Gasteiger partial charge < -0.3 is 20.5 Å². The van der Waals surface area contributed by atoms with Gasteiger partial charge in [-0.3, -0.25) is 0 Å². The second-order valence-electron chi connectivity index (χ2n) is 4.23. The lowest BCUT2D eigenvalue weighted by Gasteiger charge is -2.12. The van der Waals surface area contributed by atoms with Gasteiger partial charge in [0.2, 0.25) is 0 Å². The fourth-order valence-corrected chi connectivity index (χ4v) is 1.60. The summed E-state index contributed by atoms with van der Waals surface area (Å²) in [4.78, 5) is 22.0. The molecule has 0 fully saturated rings. The molecule has 1 rings (SSSR count). The summed E-state index contributed by atoms with van der Waals surface area (Å²) in [5, 5.41) is 13.5. The second-order valence-corrected chi connectivity index (χ2v) is 4.23. The average Bonchev–Trinajstić information content (AvgIpc) is 2.37. The van der Waals surface area contributed by atoms with Gasteiger partial charge in [0.05, 0.1) is 6.54 Å². The third kappa shape index (κ3) is 6.17. The van der Waals surface area contributed by atoms with Crippen LogP contribution in [0.3, 0.4) is 0 Å². The normalized spacial score (nSPS) is 11.8. The van der Waals surface area contributed by atoms with Crippen LogP contribution < -0.4 is 10.6 Å². The molecule has 1 aromatic rings. The molecule has 1 atom stereocenters. The minimum Gasteiger partial charge on any atom is -0.479 e. The van der Waals surface area contributed by atoms with E-state index in [9.17, 15) is 18.4 Å². The Bertz CT molecular complexity index is 491.